The minimum atomic E-state index is -3.80. The Bertz CT molecular complexity index is 810. The molecule has 112 valence electrons. The zero-order valence-corrected chi connectivity index (χ0v) is 16.1. The monoisotopic (exact) mass is 471 g/mol. The molecule has 0 atom stereocenters. The first-order valence-corrected chi connectivity index (χ1v) is 9.47. The number of rotatable bonds is 3. The summed E-state index contributed by atoms with van der Waals surface area (Å²) in [6.07, 6.45) is 0. The fourth-order valence-electron chi connectivity index (χ4n) is 1.62. The van der Waals surface area contributed by atoms with Crippen LogP contribution in [0.5, 0.6) is 0 Å². The van der Waals surface area contributed by atoms with Crippen molar-refractivity contribution in [2.75, 3.05) is 4.72 Å². The quantitative estimate of drug-likeness (QED) is 0.628. The molecule has 0 spiro atoms. The summed E-state index contributed by atoms with van der Waals surface area (Å²) in [6.45, 7) is 1.83. The fourth-order valence-corrected chi connectivity index (χ4v) is 4.58. The predicted molar refractivity (Wildman–Crippen MR) is 93.8 cm³/mol. The van der Waals surface area contributed by atoms with E-state index in [1.54, 1.807) is 18.2 Å². The van der Waals surface area contributed by atoms with Gasteiger partial charge < -0.3 is 0 Å². The first-order valence-electron chi connectivity index (χ1n) is 5.64. The zero-order valence-electron chi connectivity index (χ0n) is 10.6. The number of sulfonamides is 1. The van der Waals surface area contributed by atoms with E-state index in [0.717, 1.165) is 5.56 Å². The molecule has 0 radical (unpaired) electrons. The lowest BCUT2D eigenvalue weighted by molar-refractivity contribution is 0.601. The van der Waals surface area contributed by atoms with Crippen molar-refractivity contribution in [2.24, 2.45) is 0 Å². The highest BCUT2D eigenvalue weighted by Gasteiger charge is 2.19. The Hall–Kier alpha value is -0.270. The van der Waals surface area contributed by atoms with Crippen LogP contribution in [0.3, 0.4) is 0 Å². The molecule has 0 aliphatic rings. The molecule has 0 bridgehead atoms. The van der Waals surface area contributed by atoms with Gasteiger partial charge in [-0.3, -0.25) is 4.72 Å². The minimum absolute atomic E-state index is 0.00374. The van der Waals surface area contributed by atoms with Gasteiger partial charge in [-0.05, 0) is 58.7 Å². The molecule has 0 heterocycles. The lowest BCUT2D eigenvalue weighted by Gasteiger charge is -2.12. The third-order valence-electron chi connectivity index (χ3n) is 2.68. The second-order valence-electron chi connectivity index (χ2n) is 4.26. The van der Waals surface area contributed by atoms with Crippen molar-refractivity contribution in [3.8, 4) is 0 Å². The zero-order chi connectivity index (χ0) is 15.8. The SMILES string of the molecule is Cc1cc(Br)c(NS(=O)(=O)c2ccc(Br)cc2Cl)cc1Cl. The second kappa shape index (κ2) is 6.46. The van der Waals surface area contributed by atoms with Gasteiger partial charge in [-0.2, -0.15) is 0 Å². The Morgan fingerprint density at radius 3 is 2.33 bits per heavy atom. The molecule has 0 saturated carbocycles. The molecule has 2 aromatic rings. The normalized spacial score (nSPS) is 11.5. The molecule has 1 N–H and O–H groups in total. The van der Waals surface area contributed by atoms with Crippen LogP contribution < -0.4 is 4.72 Å². The van der Waals surface area contributed by atoms with Crippen molar-refractivity contribution in [3.05, 3.63) is 54.9 Å². The molecule has 3 nitrogen and oxygen atoms in total. The number of hydrogen-bond donors (Lipinski definition) is 1. The Morgan fingerprint density at radius 2 is 1.71 bits per heavy atom. The predicted octanol–water partition coefficient (Wildman–Crippen LogP) is 5.63. The summed E-state index contributed by atoms with van der Waals surface area (Å²) >= 11 is 18.6. The largest absolute Gasteiger partial charge is 0.278 e. The number of nitrogens with one attached hydrogen (secondary N) is 1. The molecule has 0 saturated heterocycles. The average Bonchev–Trinajstić information content (AvgIpc) is 2.35. The molecule has 2 rings (SSSR count). The molecule has 21 heavy (non-hydrogen) atoms. The van der Waals surface area contributed by atoms with Gasteiger partial charge in [0, 0.05) is 14.0 Å². The minimum Gasteiger partial charge on any atom is -0.278 e. The summed E-state index contributed by atoms with van der Waals surface area (Å²) in [4.78, 5) is -0.00374. The van der Waals surface area contributed by atoms with E-state index in [2.05, 4.69) is 36.6 Å². The number of anilines is 1. The molecule has 0 fully saturated rings. The Kier molecular flexibility index (Phi) is 5.26. The van der Waals surface area contributed by atoms with E-state index in [4.69, 9.17) is 23.2 Å². The van der Waals surface area contributed by atoms with Gasteiger partial charge in [-0.15, -0.1) is 0 Å². The average molecular weight is 474 g/mol. The molecule has 0 aliphatic carbocycles. The third kappa shape index (κ3) is 3.93. The van der Waals surface area contributed by atoms with Crippen LogP contribution in [0.2, 0.25) is 10.0 Å². The summed E-state index contributed by atoms with van der Waals surface area (Å²) in [7, 11) is -3.80. The Balaban J connectivity index is 2.45. The summed E-state index contributed by atoms with van der Waals surface area (Å²) in [5, 5.41) is 0.601. The molecule has 0 unspecified atom stereocenters. The lowest BCUT2D eigenvalue weighted by atomic mass is 10.2. The molecule has 0 aliphatic heterocycles. The van der Waals surface area contributed by atoms with Crippen LogP contribution in [-0.2, 0) is 10.0 Å². The van der Waals surface area contributed by atoms with Crippen LogP contribution in [0.15, 0.2) is 44.2 Å². The first-order chi connectivity index (χ1) is 9.70. The maximum absolute atomic E-state index is 12.4. The van der Waals surface area contributed by atoms with Crippen molar-refractivity contribution in [2.45, 2.75) is 11.8 Å². The van der Waals surface area contributed by atoms with Crippen LogP contribution in [-0.4, -0.2) is 8.42 Å². The summed E-state index contributed by atoms with van der Waals surface area (Å²) < 4.78 is 28.6. The van der Waals surface area contributed by atoms with Crippen LogP contribution in [0.1, 0.15) is 5.56 Å². The standard InChI is InChI=1S/C13H9Br2Cl2NO2S/c1-7-4-9(15)12(6-10(7)16)18-21(19,20)13-3-2-8(14)5-11(13)17/h2-6,18H,1H3. The van der Waals surface area contributed by atoms with E-state index in [0.29, 0.717) is 19.7 Å². The van der Waals surface area contributed by atoms with Gasteiger partial charge in [0.05, 0.1) is 10.7 Å². The summed E-state index contributed by atoms with van der Waals surface area (Å²) in [5.41, 5.74) is 1.19. The van der Waals surface area contributed by atoms with E-state index in [1.807, 2.05) is 6.92 Å². The number of hydrogen-bond acceptors (Lipinski definition) is 2. The lowest BCUT2D eigenvalue weighted by Crippen LogP contribution is -2.14. The van der Waals surface area contributed by atoms with Gasteiger partial charge in [-0.1, -0.05) is 39.1 Å². The van der Waals surface area contributed by atoms with Crippen molar-refractivity contribution in [1.29, 1.82) is 0 Å². The Morgan fingerprint density at radius 1 is 1.05 bits per heavy atom. The maximum Gasteiger partial charge on any atom is 0.263 e. The van der Waals surface area contributed by atoms with Gasteiger partial charge in [0.2, 0.25) is 0 Å². The van der Waals surface area contributed by atoms with Crippen LogP contribution in [0.25, 0.3) is 0 Å². The number of benzene rings is 2. The molecule has 0 aromatic heterocycles. The number of aryl methyl sites for hydroxylation is 1. The van der Waals surface area contributed by atoms with Gasteiger partial charge in [-0.25, -0.2) is 8.42 Å². The van der Waals surface area contributed by atoms with Gasteiger partial charge >= 0.3 is 0 Å². The van der Waals surface area contributed by atoms with Gasteiger partial charge in [0.1, 0.15) is 4.90 Å². The third-order valence-corrected chi connectivity index (χ3v) is 6.08. The molecule has 8 heteroatoms. The van der Waals surface area contributed by atoms with Gasteiger partial charge in [0.15, 0.2) is 0 Å². The van der Waals surface area contributed by atoms with Crippen molar-refractivity contribution < 1.29 is 8.42 Å². The maximum atomic E-state index is 12.4. The molecular formula is C13H9Br2Cl2NO2S. The highest BCUT2D eigenvalue weighted by molar-refractivity contribution is 9.10. The van der Waals surface area contributed by atoms with Gasteiger partial charge in [0.25, 0.3) is 10.0 Å². The number of halogens is 4. The smallest absolute Gasteiger partial charge is 0.263 e. The highest BCUT2D eigenvalue weighted by Crippen LogP contribution is 2.32. The highest BCUT2D eigenvalue weighted by atomic mass is 79.9. The molecule has 2 aromatic carbocycles. The first kappa shape index (κ1) is 17.1. The van der Waals surface area contributed by atoms with Crippen molar-refractivity contribution in [3.63, 3.8) is 0 Å². The van der Waals surface area contributed by atoms with Crippen molar-refractivity contribution >= 4 is 70.8 Å². The van der Waals surface area contributed by atoms with E-state index >= 15 is 0 Å². The van der Waals surface area contributed by atoms with E-state index in [-0.39, 0.29) is 9.92 Å². The van der Waals surface area contributed by atoms with E-state index < -0.39 is 10.0 Å². The van der Waals surface area contributed by atoms with Crippen LogP contribution in [0.4, 0.5) is 5.69 Å². The Labute approximate surface area is 150 Å². The molecular weight excluding hydrogens is 465 g/mol. The van der Waals surface area contributed by atoms with Crippen molar-refractivity contribution in [1.82, 2.24) is 0 Å². The van der Waals surface area contributed by atoms with Crippen LogP contribution in [0, 0.1) is 6.92 Å². The molecule has 0 amide bonds. The second-order valence-corrected chi connectivity index (χ2v) is 8.50. The van der Waals surface area contributed by atoms with E-state index in [9.17, 15) is 8.42 Å². The van der Waals surface area contributed by atoms with E-state index in [1.165, 1.54) is 12.1 Å². The topological polar surface area (TPSA) is 46.2 Å². The summed E-state index contributed by atoms with van der Waals surface area (Å²) in [5.74, 6) is 0. The summed E-state index contributed by atoms with van der Waals surface area (Å²) in [6, 6.07) is 7.85. The fraction of sp³-hybridized carbons (Fsp3) is 0.0769. The van der Waals surface area contributed by atoms with Crippen LogP contribution >= 0.6 is 55.1 Å².